The third kappa shape index (κ3) is 5.52. The Balaban J connectivity index is 1.95. The van der Waals surface area contributed by atoms with E-state index in [-0.39, 0.29) is 10.6 Å². The predicted octanol–water partition coefficient (Wildman–Crippen LogP) is 5.53. The third-order valence-corrected chi connectivity index (χ3v) is 4.98. The van der Waals surface area contributed by atoms with Gasteiger partial charge in [-0.3, -0.25) is 10.1 Å². The third-order valence-electron chi connectivity index (χ3n) is 4.98. The van der Waals surface area contributed by atoms with E-state index in [9.17, 15) is 10.1 Å². The summed E-state index contributed by atoms with van der Waals surface area (Å²) in [5.41, 5.74) is 1.06. The van der Waals surface area contributed by atoms with Gasteiger partial charge in [-0.2, -0.15) is 0 Å². The van der Waals surface area contributed by atoms with Crippen molar-refractivity contribution >= 4 is 5.69 Å². The maximum Gasteiger partial charge on any atom is 0.276 e. The molecule has 128 valence electrons. The Hall–Kier alpha value is -1.58. The van der Waals surface area contributed by atoms with Crippen molar-refractivity contribution in [3.63, 3.8) is 0 Å². The van der Waals surface area contributed by atoms with Gasteiger partial charge in [0.05, 0.1) is 17.6 Å². The van der Waals surface area contributed by atoms with Gasteiger partial charge in [0.25, 0.3) is 5.69 Å². The fourth-order valence-corrected chi connectivity index (χ4v) is 3.33. The molecule has 1 aromatic rings. The van der Waals surface area contributed by atoms with E-state index in [1.165, 1.54) is 25.7 Å². The highest BCUT2D eigenvalue weighted by Crippen LogP contribution is 2.33. The maximum absolute atomic E-state index is 11.3. The van der Waals surface area contributed by atoms with Crippen molar-refractivity contribution in [1.29, 1.82) is 0 Å². The van der Waals surface area contributed by atoms with Crippen molar-refractivity contribution in [3.05, 3.63) is 33.9 Å². The Morgan fingerprint density at radius 1 is 1.26 bits per heavy atom. The second-order valence-electron chi connectivity index (χ2n) is 6.91. The van der Waals surface area contributed by atoms with E-state index in [0.717, 1.165) is 43.1 Å². The first-order chi connectivity index (χ1) is 11.1. The minimum absolute atomic E-state index is 0.211. The van der Waals surface area contributed by atoms with Crippen LogP contribution in [0.4, 0.5) is 5.69 Å². The zero-order valence-electron chi connectivity index (χ0n) is 14.4. The lowest BCUT2D eigenvalue weighted by atomic mass is 9.80. The minimum Gasteiger partial charge on any atom is -0.493 e. The summed E-state index contributed by atoms with van der Waals surface area (Å²) in [6.45, 7) is 5.03. The summed E-state index contributed by atoms with van der Waals surface area (Å²) in [5.74, 6) is 2.19. The average Bonchev–Trinajstić information content (AvgIpc) is 2.55. The molecule has 2 rings (SSSR count). The molecule has 1 fully saturated rings. The quantitative estimate of drug-likeness (QED) is 0.359. The van der Waals surface area contributed by atoms with Crippen LogP contribution in [0.2, 0.25) is 0 Å². The number of ether oxygens (including phenoxy) is 1. The Bertz CT molecular complexity index is 507. The molecule has 0 bridgehead atoms. The fourth-order valence-electron chi connectivity index (χ4n) is 3.33. The lowest BCUT2D eigenvalue weighted by Crippen LogP contribution is -2.13. The monoisotopic (exact) mass is 319 g/mol. The lowest BCUT2D eigenvalue weighted by Gasteiger charge is -2.26. The Labute approximate surface area is 139 Å². The van der Waals surface area contributed by atoms with Crippen molar-refractivity contribution in [2.24, 2.45) is 11.8 Å². The van der Waals surface area contributed by atoms with Crippen LogP contribution >= 0.6 is 0 Å². The number of aryl methyl sites for hydroxylation is 1. The van der Waals surface area contributed by atoms with Gasteiger partial charge in [0.15, 0.2) is 0 Å². The second-order valence-corrected chi connectivity index (χ2v) is 6.91. The summed E-state index contributed by atoms with van der Waals surface area (Å²) >= 11 is 0. The number of nitro benzene ring substituents is 1. The molecule has 4 nitrogen and oxygen atoms in total. The second kappa shape index (κ2) is 8.90. The highest BCUT2D eigenvalue weighted by molar-refractivity contribution is 5.46. The standard InChI is InChI=1S/C19H29NO3/c1-3-4-13-23-18-12-11-17(19(14-18)20(21)22)10-9-16-7-5-15(2)6-8-16/h11-12,14-16H,3-10,13H2,1-2H3. The van der Waals surface area contributed by atoms with Gasteiger partial charge in [-0.25, -0.2) is 0 Å². The summed E-state index contributed by atoms with van der Waals surface area (Å²) in [6, 6.07) is 5.35. The topological polar surface area (TPSA) is 52.4 Å². The van der Waals surface area contributed by atoms with Gasteiger partial charge in [-0.05, 0) is 43.2 Å². The van der Waals surface area contributed by atoms with Crippen LogP contribution in [0.15, 0.2) is 18.2 Å². The smallest absolute Gasteiger partial charge is 0.276 e. The van der Waals surface area contributed by atoms with Gasteiger partial charge >= 0.3 is 0 Å². The summed E-state index contributed by atoms with van der Waals surface area (Å²) in [5, 5.41) is 11.3. The van der Waals surface area contributed by atoms with Gasteiger partial charge in [-0.15, -0.1) is 0 Å². The first kappa shape index (κ1) is 17.8. The number of rotatable bonds is 8. The molecule has 23 heavy (non-hydrogen) atoms. The molecule has 0 atom stereocenters. The number of benzene rings is 1. The molecule has 0 N–H and O–H groups in total. The molecule has 1 saturated carbocycles. The molecule has 0 unspecified atom stereocenters. The van der Waals surface area contributed by atoms with E-state index in [1.807, 2.05) is 12.1 Å². The molecule has 1 aliphatic carbocycles. The summed E-state index contributed by atoms with van der Waals surface area (Å²) in [7, 11) is 0. The zero-order valence-corrected chi connectivity index (χ0v) is 14.4. The number of hydrogen-bond acceptors (Lipinski definition) is 3. The van der Waals surface area contributed by atoms with Crippen LogP contribution in [-0.4, -0.2) is 11.5 Å². The molecule has 4 heteroatoms. The highest BCUT2D eigenvalue weighted by atomic mass is 16.6. The molecule has 1 aliphatic rings. The van der Waals surface area contributed by atoms with E-state index in [1.54, 1.807) is 6.07 Å². The van der Waals surface area contributed by atoms with Crippen LogP contribution in [-0.2, 0) is 6.42 Å². The van der Waals surface area contributed by atoms with Gasteiger partial charge < -0.3 is 4.74 Å². The summed E-state index contributed by atoms with van der Waals surface area (Å²) in [6.07, 6.45) is 9.03. The number of unbranched alkanes of at least 4 members (excludes halogenated alkanes) is 1. The molecule has 0 spiro atoms. The minimum atomic E-state index is -0.273. The molecule has 0 heterocycles. The SMILES string of the molecule is CCCCOc1ccc(CCC2CCC(C)CC2)c([N+](=O)[O-])c1. The van der Waals surface area contributed by atoms with Gasteiger partial charge in [0.1, 0.15) is 5.75 Å². The molecule has 0 aromatic heterocycles. The van der Waals surface area contributed by atoms with Crippen LogP contribution in [0.1, 0.15) is 64.4 Å². The molecule has 0 amide bonds. The largest absolute Gasteiger partial charge is 0.493 e. The number of nitrogens with zero attached hydrogens (tertiary/aromatic N) is 1. The average molecular weight is 319 g/mol. The summed E-state index contributed by atoms with van der Waals surface area (Å²) < 4.78 is 5.59. The number of hydrogen-bond donors (Lipinski definition) is 0. The van der Waals surface area contributed by atoms with Crippen molar-refractivity contribution < 1.29 is 9.66 Å². The van der Waals surface area contributed by atoms with E-state index < -0.39 is 0 Å². The van der Waals surface area contributed by atoms with Crippen molar-refractivity contribution in [2.45, 2.75) is 65.2 Å². The van der Waals surface area contributed by atoms with Crippen LogP contribution in [0, 0.1) is 22.0 Å². The van der Waals surface area contributed by atoms with E-state index in [4.69, 9.17) is 4.74 Å². The van der Waals surface area contributed by atoms with Crippen LogP contribution < -0.4 is 4.74 Å². The molecule has 0 aliphatic heterocycles. The Kier molecular flexibility index (Phi) is 6.87. The fraction of sp³-hybridized carbons (Fsp3) is 0.684. The van der Waals surface area contributed by atoms with Crippen LogP contribution in [0.3, 0.4) is 0 Å². The highest BCUT2D eigenvalue weighted by Gasteiger charge is 2.20. The van der Waals surface area contributed by atoms with Gasteiger partial charge in [-0.1, -0.05) is 46.0 Å². The van der Waals surface area contributed by atoms with Crippen LogP contribution in [0.5, 0.6) is 5.75 Å². The van der Waals surface area contributed by atoms with Gasteiger partial charge in [0, 0.05) is 5.56 Å². The summed E-state index contributed by atoms with van der Waals surface area (Å²) in [4.78, 5) is 11.1. The van der Waals surface area contributed by atoms with Gasteiger partial charge in [0.2, 0.25) is 0 Å². The first-order valence-corrected chi connectivity index (χ1v) is 9.00. The Morgan fingerprint density at radius 2 is 2.00 bits per heavy atom. The lowest BCUT2D eigenvalue weighted by molar-refractivity contribution is -0.385. The molecule has 0 saturated heterocycles. The van der Waals surface area contributed by atoms with E-state index >= 15 is 0 Å². The van der Waals surface area contributed by atoms with Crippen LogP contribution in [0.25, 0.3) is 0 Å². The maximum atomic E-state index is 11.3. The molecule has 1 aromatic carbocycles. The van der Waals surface area contributed by atoms with E-state index in [2.05, 4.69) is 13.8 Å². The molecular formula is C19H29NO3. The predicted molar refractivity (Wildman–Crippen MR) is 92.9 cm³/mol. The van der Waals surface area contributed by atoms with E-state index in [0.29, 0.717) is 12.4 Å². The first-order valence-electron chi connectivity index (χ1n) is 9.00. The van der Waals surface area contributed by atoms with Crippen molar-refractivity contribution in [2.75, 3.05) is 6.61 Å². The van der Waals surface area contributed by atoms with Crippen molar-refractivity contribution in [3.8, 4) is 5.75 Å². The molecular weight excluding hydrogens is 290 g/mol. The Morgan fingerprint density at radius 3 is 2.65 bits per heavy atom. The van der Waals surface area contributed by atoms with Crippen molar-refractivity contribution in [1.82, 2.24) is 0 Å². The normalized spacial score (nSPS) is 21.1. The molecule has 0 radical (unpaired) electrons. The number of nitro groups is 1. The zero-order chi connectivity index (χ0) is 16.7.